The Balaban J connectivity index is 2.79. The fraction of sp³-hybridized carbons (Fsp3) is 0.588. The minimum absolute atomic E-state index is 0.588. The summed E-state index contributed by atoms with van der Waals surface area (Å²) in [6, 6.07) is 7.99. The Labute approximate surface area is 128 Å². The molecule has 0 aliphatic carbocycles. The molecule has 0 aromatic heterocycles. The summed E-state index contributed by atoms with van der Waals surface area (Å²) in [5.41, 5.74) is 1.77. The van der Waals surface area contributed by atoms with Crippen LogP contribution in [0, 0.1) is 17.2 Å². The summed E-state index contributed by atoms with van der Waals surface area (Å²) in [6.07, 6.45) is 0. The van der Waals surface area contributed by atoms with Crippen molar-refractivity contribution in [2.24, 2.45) is 5.92 Å². The fourth-order valence-corrected chi connectivity index (χ4v) is 2.28. The fourth-order valence-electron chi connectivity index (χ4n) is 2.28. The molecule has 4 nitrogen and oxygen atoms in total. The summed E-state index contributed by atoms with van der Waals surface area (Å²) in [6.45, 7) is 8.50. The number of hydrogen-bond donors (Lipinski definition) is 0. The number of hydrogen-bond acceptors (Lipinski definition) is 4. The van der Waals surface area contributed by atoms with Crippen molar-refractivity contribution < 1.29 is 4.74 Å². The molecule has 0 spiro atoms. The van der Waals surface area contributed by atoms with Gasteiger partial charge in [-0.15, -0.1) is 0 Å². The van der Waals surface area contributed by atoms with Crippen molar-refractivity contribution in [2.45, 2.75) is 20.4 Å². The lowest BCUT2D eigenvalue weighted by Crippen LogP contribution is -2.34. The van der Waals surface area contributed by atoms with E-state index in [9.17, 15) is 0 Å². The average Bonchev–Trinajstić information content (AvgIpc) is 2.44. The van der Waals surface area contributed by atoms with E-state index in [0.29, 0.717) is 17.2 Å². The molecule has 0 amide bonds. The summed E-state index contributed by atoms with van der Waals surface area (Å²) in [5.74, 6) is 1.29. The number of nitrogens with zero attached hydrogens (tertiary/aromatic N) is 3. The molecule has 1 aromatic carbocycles. The number of ether oxygens (including phenoxy) is 1. The summed E-state index contributed by atoms with van der Waals surface area (Å²) < 4.78 is 5.29. The first-order valence-electron chi connectivity index (χ1n) is 7.40. The molecule has 4 heteroatoms. The molecule has 1 rings (SSSR count). The third kappa shape index (κ3) is 6.16. The molecule has 0 heterocycles. The van der Waals surface area contributed by atoms with E-state index in [0.717, 1.165) is 26.2 Å². The maximum Gasteiger partial charge on any atom is 0.136 e. The predicted octanol–water partition coefficient (Wildman–Crippen LogP) is 2.59. The number of benzene rings is 1. The van der Waals surface area contributed by atoms with Gasteiger partial charge in [-0.1, -0.05) is 19.9 Å². The molecule has 0 unspecified atom stereocenters. The minimum Gasteiger partial charge on any atom is -0.495 e. The van der Waals surface area contributed by atoms with Crippen molar-refractivity contribution in [3.8, 4) is 11.8 Å². The van der Waals surface area contributed by atoms with E-state index in [-0.39, 0.29) is 0 Å². The molecule has 0 aliphatic heterocycles. The van der Waals surface area contributed by atoms with E-state index in [1.807, 2.05) is 18.2 Å². The summed E-state index contributed by atoms with van der Waals surface area (Å²) in [7, 11) is 5.80. The van der Waals surface area contributed by atoms with Crippen molar-refractivity contribution in [2.75, 3.05) is 40.8 Å². The van der Waals surface area contributed by atoms with Crippen LogP contribution < -0.4 is 4.74 Å². The number of nitriles is 1. The van der Waals surface area contributed by atoms with Gasteiger partial charge in [0.05, 0.1) is 12.7 Å². The normalized spacial score (nSPS) is 11.2. The van der Waals surface area contributed by atoms with E-state index < -0.39 is 0 Å². The van der Waals surface area contributed by atoms with Gasteiger partial charge in [0.2, 0.25) is 0 Å². The third-order valence-corrected chi connectivity index (χ3v) is 3.28. The highest BCUT2D eigenvalue weighted by atomic mass is 16.5. The quantitative estimate of drug-likeness (QED) is 0.737. The zero-order chi connectivity index (χ0) is 15.8. The predicted molar refractivity (Wildman–Crippen MR) is 86.4 cm³/mol. The average molecular weight is 289 g/mol. The van der Waals surface area contributed by atoms with Crippen LogP contribution in [-0.4, -0.2) is 50.6 Å². The first-order chi connectivity index (χ1) is 9.96. The van der Waals surface area contributed by atoms with Crippen LogP contribution >= 0.6 is 0 Å². The van der Waals surface area contributed by atoms with Gasteiger partial charge in [-0.25, -0.2) is 0 Å². The summed E-state index contributed by atoms with van der Waals surface area (Å²) in [5, 5.41) is 9.04. The van der Waals surface area contributed by atoms with Crippen molar-refractivity contribution in [1.29, 1.82) is 5.26 Å². The van der Waals surface area contributed by atoms with Crippen molar-refractivity contribution in [3.05, 3.63) is 29.3 Å². The van der Waals surface area contributed by atoms with Gasteiger partial charge < -0.3 is 9.64 Å². The van der Waals surface area contributed by atoms with Crippen LogP contribution in [0.25, 0.3) is 0 Å². The Kier molecular flexibility index (Phi) is 7.21. The minimum atomic E-state index is 0.588. The number of rotatable bonds is 8. The molecule has 0 atom stereocenters. The van der Waals surface area contributed by atoms with E-state index in [2.05, 4.69) is 43.8 Å². The lowest BCUT2D eigenvalue weighted by molar-refractivity contribution is 0.211. The Morgan fingerprint density at radius 3 is 2.48 bits per heavy atom. The first-order valence-corrected chi connectivity index (χ1v) is 7.40. The SMILES string of the molecule is COc1cc(CN(CCN(C)C)CC(C)C)ccc1C#N. The molecule has 0 radical (unpaired) electrons. The second-order valence-corrected chi connectivity index (χ2v) is 6.08. The molecule has 0 saturated heterocycles. The Morgan fingerprint density at radius 2 is 1.95 bits per heavy atom. The van der Waals surface area contributed by atoms with E-state index in [4.69, 9.17) is 10.00 Å². The summed E-state index contributed by atoms with van der Waals surface area (Å²) in [4.78, 5) is 4.65. The van der Waals surface area contributed by atoms with Gasteiger partial charge >= 0.3 is 0 Å². The first kappa shape index (κ1) is 17.5. The van der Waals surface area contributed by atoms with Crippen LogP contribution in [0.4, 0.5) is 0 Å². The van der Waals surface area contributed by atoms with Crippen LogP contribution in [0.2, 0.25) is 0 Å². The van der Waals surface area contributed by atoms with Gasteiger partial charge in [-0.3, -0.25) is 4.90 Å². The molecule has 0 aliphatic rings. The molecule has 116 valence electrons. The van der Waals surface area contributed by atoms with Gasteiger partial charge in [0.1, 0.15) is 11.8 Å². The lowest BCUT2D eigenvalue weighted by Gasteiger charge is -2.26. The van der Waals surface area contributed by atoms with E-state index in [1.165, 1.54) is 5.56 Å². The molecule has 0 N–H and O–H groups in total. The van der Waals surface area contributed by atoms with Gasteiger partial charge in [0.25, 0.3) is 0 Å². The van der Waals surface area contributed by atoms with Crippen LogP contribution in [0.1, 0.15) is 25.0 Å². The highest BCUT2D eigenvalue weighted by Gasteiger charge is 2.11. The Morgan fingerprint density at radius 1 is 1.24 bits per heavy atom. The zero-order valence-corrected chi connectivity index (χ0v) is 13.9. The smallest absolute Gasteiger partial charge is 0.136 e. The van der Waals surface area contributed by atoms with Crippen LogP contribution in [0.5, 0.6) is 5.75 Å². The van der Waals surface area contributed by atoms with Gasteiger partial charge in [-0.2, -0.15) is 5.26 Å². The standard InChI is InChI=1S/C17H27N3O/c1-14(2)12-20(9-8-19(3)4)13-15-6-7-16(11-18)17(10-15)21-5/h6-7,10,14H,8-9,12-13H2,1-5H3. The maximum absolute atomic E-state index is 9.04. The molecule has 0 fully saturated rings. The monoisotopic (exact) mass is 289 g/mol. The highest BCUT2D eigenvalue weighted by molar-refractivity contribution is 5.45. The topological polar surface area (TPSA) is 39.5 Å². The Hall–Kier alpha value is -1.57. The van der Waals surface area contributed by atoms with Crippen molar-refractivity contribution >= 4 is 0 Å². The van der Waals surface area contributed by atoms with Crippen molar-refractivity contribution in [3.63, 3.8) is 0 Å². The van der Waals surface area contributed by atoms with Crippen molar-refractivity contribution in [1.82, 2.24) is 9.80 Å². The molecule has 1 aromatic rings. The lowest BCUT2D eigenvalue weighted by atomic mass is 10.1. The van der Waals surface area contributed by atoms with Crippen LogP contribution in [0.3, 0.4) is 0 Å². The van der Waals surface area contributed by atoms with Crippen LogP contribution in [-0.2, 0) is 6.54 Å². The second-order valence-electron chi connectivity index (χ2n) is 6.08. The molecular weight excluding hydrogens is 262 g/mol. The highest BCUT2D eigenvalue weighted by Crippen LogP contribution is 2.20. The molecule has 21 heavy (non-hydrogen) atoms. The molecule has 0 saturated carbocycles. The summed E-state index contributed by atoms with van der Waals surface area (Å²) >= 11 is 0. The third-order valence-electron chi connectivity index (χ3n) is 3.28. The maximum atomic E-state index is 9.04. The zero-order valence-electron chi connectivity index (χ0n) is 13.9. The Bertz CT molecular complexity index is 477. The van der Waals surface area contributed by atoms with Gasteiger partial charge in [0.15, 0.2) is 0 Å². The van der Waals surface area contributed by atoms with Crippen LogP contribution in [0.15, 0.2) is 18.2 Å². The van der Waals surface area contributed by atoms with E-state index in [1.54, 1.807) is 7.11 Å². The number of likely N-dealkylation sites (N-methyl/N-ethyl adjacent to an activating group) is 1. The molecular formula is C17H27N3O. The largest absolute Gasteiger partial charge is 0.495 e. The second kappa shape index (κ2) is 8.66. The molecule has 0 bridgehead atoms. The van der Waals surface area contributed by atoms with Gasteiger partial charge in [0, 0.05) is 26.2 Å². The van der Waals surface area contributed by atoms with Gasteiger partial charge in [-0.05, 0) is 37.7 Å². The number of methoxy groups -OCH3 is 1. The van der Waals surface area contributed by atoms with E-state index >= 15 is 0 Å².